The first-order chi connectivity index (χ1) is 10.3. The summed E-state index contributed by atoms with van der Waals surface area (Å²) in [4.78, 5) is 8.96. The van der Waals surface area contributed by atoms with Crippen molar-refractivity contribution in [1.82, 2.24) is 14.4 Å². The molecule has 0 aromatic carbocycles. The summed E-state index contributed by atoms with van der Waals surface area (Å²) >= 11 is 0. The quantitative estimate of drug-likeness (QED) is 0.759. The van der Waals surface area contributed by atoms with Gasteiger partial charge in [-0.05, 0) is 19.8 Å². The van der Waals surface area contributed by atoms with Crippen LogP contribution < -0.4 is 10.6 Å². The van der Waals surface area contributed by atoms with Crippen LogP contribution in [0, 0.1) is 5.41 Å². The molecule has 114 valence electrons. The first-order valence-electron chi connectivity index (χ1n) is 7.69. The zero-order valence-corrected chi connectivity index (χ0v) is 12.5. The Hall–Kier alpha value is -1.82. The number of hydrogen-bond donors (Lipinski definition) is 3. The zero-order valence-electron chi connectivity index (χ0n) is 12.5. The van der Waals surface area contributed by atoms with E-state index in [1.807, 2.05) is 23.7 Å². The van der Waals surface area contributed by atoms with Crippen molar-refractivity contribution in [2.45, 2.75) is 32.6 Å². The number of fused-ring (bicyclic) bond motifs is 1. The highest BCUT2D eigenvalue weighted by molar-refractivity contribution is 5.65. The number of nitrogens with one attached hydrogen (secondary N) is 2. The molecule has 0 bridgehead atoms. The Balaban J connectivity index is 1.83. The summed E-state index contributed by atoms with van der Waals surface area (Å²) in [5.41, 5.74) is 0.821. The van der Waals surface area contributed by atoms with Gasteiger partial charge in [0.2, 0.25) is 0 Å². The predicted molar refractivity (Wildman–Crippen MR) is 83.6 cm³/mol. The maximum atomic E-state index is 9.71. The van der Waals surface area contributed by atoms with Gasteiger partial charge < -0.3 is 20.1 Å². The topological polar surface area (TPSA) is 74.5 Å². The summed E-state index contributed by atoms with van der Waals surface area (Å²) in [5.74, 6) is 1.60. The van der Waals surface area contributed by atoms with Crippen molar-refractivity contribution in [3.63, 3.8) is 0 Å². The molecule has 3 rings (SSSR count). The Morgan fingerprint density at radius 1 is 1.33 bits per heavy atom. The van der Waals surface area contributed by atoms with Crippen molar-refractivity contribution in [2.24, 2.45) is 5.41 Å². The maximum Gasteiger partial charge on any atom is 0.180 e. The van der Waals surface area contributed by atoms with Gasteiger partial charge in [0.25, 0.3) is 0 Å². The summed E-state index contributed by atoms with van der Waals surface area (Å²) in [7, 11) is 0. The lowest BCUT2D eigenvalue weighted by molar-refractivity contribution is 0.142. The molecule has 0 spiro atoms. The first-order valence-corrected chi connectivity index (χ1v) is 7.69. The van der Waals surface area contributed by atoms with Crippen LogP contribution in [0.4, 0.5) is 11.6 Å². The summed E-state index contributed by atoms with van der Waals surface area (Å²) < 4.78 is 1.97. The molecule has 2 heterocycles. The van der Waals surface area contributed by atoms with E-state index in [1.165, 1.54) is 12.8 Å². The van der Waals surface area contributed by atoms with Crippen molar-refractivity contribution in [2.75, 3.05) is 30.3 Å². The molecule has 3 N–H and O–H groups in total. The van der Waals surface area contributed by atoms with Crippen LogP contribution in [0.3, 0.4) is 0 Å². The average molecular weight is 289 g/mol. The van der Waals surface area contributed by atoms with Gasteiger partial charge in [-0.1, -0.05) is 12.8 Å². The van der Waals surface area contributed by atoms with Crippen LogP contribution in [0.15, 0.2) is 18.6 Å². The summed E-state index contributed by atoms with van der Waals surface area (Å²) in [5, 5.41) is 16.4. The fourth-order valence-electron chi connectivity index (χ4n) is 3.10. The van der Waals surface area contributed by atoms with Crippen LogP contribution in [0.25, 0.3) is 5.65 Å². The fourth-order valence-corrected chi connectivity index (χ4v) is 3.10. The van der Waals surface area contributed by atoms with Gasteiger partial charge in [0.1, 0.15) is 5.82 Å². The molecule has 21 heavy (non-hydrogen) atoms. The molecule has 6 heteroatoms. The smallest absolute Gasteiger partial charge is 0.180 e. The first kappa shape index (κ1) is 14.1. The summed E-state index contributed by atoms with van der Waals surface area (Å²) in [6, 6.07) is 0. The minimum Gasteiger partial charge on any atom is -0.396 e. The number of anilines is 2. The molecular weight excluding hydrogens is 266 g/mol. The van der Waals surface area contributed by atoms with E-state index < -0.39 is 0 Å². The van der Waals surface area contributed by atoms with E-state index in [9.17, 15) is 5.11 Å². The average Bonchev–Trinajstić information content (AvgIpc) is 3.15. The Kier molecular flexibility index (Phi) is 3.96. The van der Waals surface area contributed by atoms with Crippen LogP contribution in [-0.4, -0.2) is 39.2 Å². The van der Waals surface area contributed by atoms with Crippen LogP contribution in [0.1, 0.15) is 32.6 Å². The Labute approximate surface area is 124 Å². The molecule has 2 aromatic heterocycles. The highest BCUT2D eigenvalue weighted by Gasteiger charge is 2.33. The minimum absolute atomic E-state index is 0.000543. The SMILES string of the molecule is CCNc1cn2ccnc2c(NCC2(CO)CCCC2)n1. The lowest BCUT2D eigenvalue weighted by Gasteiger charge is -2.27. The summed E-state index contributed by atoms with van der Waals surface area (Å²) in [6.07, 6.45) is 10.2. The molecule has 0 aliphatic heterocycles. The fraction of sp³-hybridized carbons (Fsp3) is 0.600. The van der Waals surface area contributed by atoms with Crippen molar-refractivity contribution in [3.05, 3.63) is 18.6 Å². The van der Waals surface area contributed by atoms with E-state index >= 15 is 0 Å². The van der Waals surface area contributed by atoms with Gasteiger partial charge in [-0.15, -0.1) is 0 Å². The van der Waals surface area contributed by atoms with Gasteiger partial charge in [-0.3, -0.25) is 0 Å². The Morgan fingerprint density at radius 3 is 2.86 bits per heavy atom. The van der Waals surface area contributed by atoms with Crippen LogP contribution in [0.5, 0.6) is 0 Å². The summed E-state index contributed by atoms with van der Waals surface area (Å²) in [6.45, 7) is 3.85. The minimum atomic E-state index is -0.000543. The molecule has 0 unspecified atom stereocenters. The molecule has 0 radical (unpaired) electrons. The van der Waals surface area contributed by atoms with E-state index in [0.29, 0.717) is 0 Å². The molecule has 0 saturated heterocycles. The van der Waals surface area contributed by atoms with Gasteiger partial charge >= 0.3 is 0 Å². The number of aliphatic hydroxyl groups excluding tert-OH is 1. The second kappa shape index (κ2) is 5.89. The van der Waals surface area contributed by atoms with Crippen molar-refractivity contribution < 1.29 is 5.11 Å². The maximum absolute atomic E-state index is 9.71. The third kappa shape index (κ3) is 2.81. The van der Waals surface area contributed by atoms with Gasteiger partial charge in [0.15, 0.2) is 11.5 Å². The van der Waals surface area contributed by atoms with Crippen molar-refractivity contribution in [1.29, 1.82) is 0 Å². The van der Waals surface area contributed by atoms with Crippen LogP contribution in [-0.2, 0) is 0 Å². The third-order valence-electron chi connectivity index (χ3n) is 4.36. The third-order valence-corrected chi connectivity index (χ3v) is 4.36. The highest BCUT2D eigenvalue weighted by atomic mass is 16.3. The number of imidazole rings is 1. The number of aromatic nitrogens is 3. The van der Waals surface area contributed by atoms with Gasteiger partial charge in [-0.25, -0.2) is 9.97 Å². The van der Waals surface area contributed by atoms with Gasteiger partial charge in [-0.2, -0.15) is 0 Å². The monoisotopic (exact) mass is 289 g/mol. The second-order valence-electron chi connectivity index (χ2n) is 5.88. The zero-order chi connectivity index (χ0) is 14.7. The van der Waals surface area contributed by atoms with E-state index in [1.54, 1.807) is 6.20 Å². The number of hydrogen-bond acceptors (Lipinski definition) is 5. The number of nitrogens with zero attached hydrogens (tertiary/aromatic N) is 3. The van der Waals surface area contributed by atoms with Crippen LogP contribution >= 0.6 is 0 Å². The molecule has 1 fully saturated rings. The van der Waals surface area contributed by atoms with Crippen molar-refractivity contribution in [3.8, 4) is 0 Å². The predicted octanol–water partition coefficient (Wildman–Crippen LogP) is 2.13. The highest BCUT2D eigenvalue weighted by Crippen LogP contribution is 2.37. The van der Waals surface area contributed by atoms with E-state index in [4.69, 9.17) is 0 Å². The normalized spacial score (nSPS) is 17.2. The largest absolute Gasteiger partial charge is 0.396 e. The van der Waals surface area contributed by atoms with Gasteiger partial charge in [0.05, 0.1) is 12.8 Å². The standard InChI is InChI=1S/C15H23N5O/c1-2-16-12-9-20-8-7-17-14(20)13(19-12)18-10-15(11-21)5-3-4-6-15/h7-9,16,21H,2-6,10-11H2,1H3,(H,18,19). The van der Waals surface area contributed by atoms with Crippen molar-refractivity contribution >= 4 is 17.3 Å². The molecule has 1 aliphatic carbocycles. The Bertz CT molecular complexity index is 603. The van der Waals surface area contributed by atoms with Gasteiger partial charge in [0, 0.05) is 30.9 Å². The number of rotatable bonds is 6. The molecule has 6 nitrogen and oxygen atoms in total. The van der Waals surface area contributed by atoms with E-state index in [0.717, 1.165) is 43.2 Å². The lowest BCUT2D eigenvalue weighted by Crippen LogP contribution is -2.31. The molecule has 0 atom stereocenters. The van der Waals surface area contributed by atoms with E-state index in [2.05, 4.69) is 20.6 Å². The van der Waals surface area contributed by atoms with E-state index in [-0.39, 0.29) is 12.0 Å². The Morgan fingerprint density at radius 2 is 2.14 bits per heavy atom. The molecule has 1 saturated carbocycles. The second-order valence-corrected chi connectivity index (χ2v) is 5.88. The molecular formula is C15H23N5O. The molecule has 0 amide bonds. The lowest BCUT2D eigenvalue weighted by atomic mass is 9.87. The molecule has 2 aromatic rings. The van der Waals surface area contributed by atoms with Crippen LogP contribution in [0.2, 0.25) is 0 Å². The number of aliphatic hydroxyl groups is 1. The molecule has 1 aliphatic rings.